The van der Waals surface area contributed by atoms with Gasteiger partial charge in [-0.1, -0.05) is 20.8 Å². The smallest absolute Gasteiger partial charge is 0.334 e. The van der Waals surface area contributed by atoms with Gasteiger partial charge in [-0.05, 0) is 42.9 Å². The van der Waals surface area contributed by atoms with Crippen molar-refractivity contribution >= 4 is 5.97 Å². The number of hydrogen-bond acceptors (Lipinski definition) is 3. The molecule has 0 saturated heterocycles. The summed E-state index contributed by atoms with van der Waals surface area (Å²) in [6.07, 6.45) is 3.35. The highest BCUT2D eigenvalue weighted by Gasteiger charge is 2.62. The maximum atomic E-state index is 11.4. The number of esters is 1. The fraction of sp³-hybridized carbons (Fsp3) is 0.929. The highest BCUT2D eigenvalue weighted by molar-refractivity contribution is 5.74. The van der Waals surface area contributed by atoms with Gasteiger partial charge >= 0.3 is 5.97 Å². The fourth-order valence-corrected chi connectivity index (χ4v) is 3.80. The van der Waals surface area contributed by atoms with Gasteiger partial charge in [-0.15, -0.1) is 0 Å². The van der Waals surface area contributed by atoms with Crippen LogP contribution in [0.4, 0.5) is 0 Å². The number of ether oxygens (including phenoxy) is 2. The van der Waals surface area contributed by atoms with Gasteiger partial charge in [-0.3, -0.25) is 0 Å². The molecule has 98 valence electrons. The lowest BCUT2D eigenvalue weighted by atomic mass is 9.70. The van der Waals surface area contributed by atoms with Gasteiger partial charge in [0.05, 0.1) is 13.2 Å². The average Bonchev–Trinajstić information content (AvgIpc) is 2.60. The summed E-state index contributed by atoms with van der Waals surface area (Å²) >= 11 is 0. The van der Waals surface area contributed by atoms with Crippen molar-refractivity contribution in [3.63, 3.8) is 0 Å². The molecule has 2 aliphatic rings. The first kappa shape index (κ1) is 12.9. The third kappa shape index (κ3) is 1.70. The zero-order chi connectivity index (χ0) is 12.8. The Morgan fingerprint density at radius 1 is 1.35 bits per heavy atom. The van der Waals surface area contributed by atoms with Gasteiger partial charge in [-0.2, -0.15) is 0 Å². The van der Waals surface area contributed by atoms with Crippen LogP contribution in [0.15, 0.2) is 0 Å². The lowest BCUT2D eigenvalue weighted by Crippen LogP contribution is -2.40. The van der Waals surface area contributed by atoms with Crippen LogP contribution in [0.2, 0.25) is 0 Å². The van der Waals surface area contributed by atoms with Gasteiger partial charge in [0.15, 0.2) is 6.10 Å². The van der Waals surface area contributed by atoms with E-state index >= 15 is 0 Å². The Hall–Kier alpha value is -0.570. The predicted octanol–water partition coefficient (Wildman–Crippen LogP) is 2.78. The topological polar surface area (TPSA) is 35.5 Å². The molecule has 0 aromatic rings. The number of rotatable bonds is 3. The minimum Gasteiger partial charge on any atom is -0.467 e. The van der Waals surface area contributed by atoms with Crippen LogP contribution in [0, 0.1) is 16.7 Å². The van der Waals surface area contributed by atoms with Crippen molar-refractivity contribution < 1.29 is 14.3 Å². The summed E-state index contributed by atoms with van der Waals surface area (Å²) in [6, 6.07) is 0. The van der Waals surface area contributed by atoms with Crippen LogP contribution in [0.1, 0.15) is 47.0 Å². The molecule has 2 aliphatic carbocycles. The Morgan fingerprint density at radius 3 is 2.41 bits per heavy atom. The molecule has 2 saturated carbocycles. The molecule has 0 amide bonds. The third-order valence-corrected chi connectivity index (χ3v) is 5.62. The summed E-state index contributed by atoms with van der Waals surface area (Å²) in [5.74, 6) is 0.469. The van der Waals surface area contributed by atoms with E-state index in [1.54, 1.807) is 6.92 Å². The van der Waals surface area contributed by atoms with E-state index in [-0.39, 0.29) is 17.5 Å². The van der Waals surface area contributed by atoms with Crippen molar-refractivity contribution in [1.29, 1.82) is 0 Å². The van der Waals surface area contributed by atoms with E-state index in [4.69, 9.17) is 9.47 Å². The first-order valence-electron chi connectivity index (χ1n) is 6.56. The minimum absolute atomic E-state index is 0.199. The van der Waals surface area contributed by atoms with Crippen molar-refractivity contribution in [3.05, 3.63) is 0 Å². The molecule has 3 unspecified atom stereocenters. The molecule has 2 bridgehead atoms. The molecule has 3 nitrogen and oxygen atoms in total. The highest BCUT2D eigenvalue weighted by Crippen LogP contribution is 2.66. The lowest BCUT2D eigenvalue weighted by Gasteiger charge is -2.39. The van der Waals surface area contributed by atoms with Crippen molar-refractivity contribution in [2.24, 2.45) is 16.7 Å². The molecule has 0 N–H and O–H groups in total. The van der Waals surface area contributed by atoms with Crippen LogP contribution >= 0.6 is 0 Å². The second kappa shape index (κ2) is 3.98. The summed E-state index contributed by atoms with van der Waals surface area (Å²) in [7, 11) is 1.41. The highest BCUT2D eigenvalue weighted by atomic mass is 16.6. The summed E-state index contributed by atoms with van der Waals surface area (Å²) < 4.78 is 10.7. The van der Waals surface area contributed by atoms with Gasteiger partial charge < -0.3 is 9.47 Å². The standard InChI is InChI=1S/C14H24O3/c1-9(12(15)16-5)17-11-8-10-6-7-14(11,4)13(10,2)3/h9-11H,6-8H2,1-5H3/t9-,10?,11?,14?/m1/s1. The lowest BCUT2D eigenvalue weighted by molar-refractivity contribution is -0.162. The van der Waals surface area contributed by atoms with E-state index in [0.29, 0.717) is 5.41 Å². The molecule has 0 aromatic heterocycles. The van der Waals surface area contributed by atoms with Gasteiger partial charge in [0.2, 0.25) is 0 Å². The van der Waals surface area contributed by atoms with E-state index in [0.717, 1.165) is 12.3 Å². The molecule has 2 rings (SSSR count). The first-order valence-corrected chi connectivity index (χ1v) is 6.56. The largest absolute Gasteiger partial charge is 0.467 e. The van der Waals surface area contributed by atoms with E-state index in [1.165, 1.54) is 20.0 Å². The van der Waals surface area contributed by atoms with Crippen LogP contribution in [-0.2, 0) is 14.3 Å². The van der Waals surface area contributed by atoms with Crippen molar-refractivity contribution in [2.45, 2.75) is 59.2 Å². The van der Waals surface area contributed by atoms with E-state index in [1.807, 2.05) is 0 Å². The predicted molar refractivity (Wildman–Crippen MR) is 65.6 cm³/mol. The Labute approximate surface area is 104 Å². The second-order valence-corrected chi connectivity index (χ2v) is 6.40. The Bertz CT molecular complexity index is 323. The molecular weight excluding hydrogens is 216 g/mol. The molecule has 0 aliphatic heterocycles. The number of hydrogen-bond donors (Lipinski definition) is 0. The van der Waals surface area contributed by atoms with Crippen LogP contribution in [-0.4, -0.2) is 25.3 Å². The molecule has 3 heteroatoms. The Kier molecular flexibility index (Phi) is 3.01. The van der Waals surface area contributed by atoms with Crippen LogP contribution in [0.3, 0.4) is 0 Å². The molecule has 4 atom stereocenters. The van der Waals surface area contributed by atoms with Crippen LogP contribution < -0.4 is 0 Å². The molecule has 0 heterocycles. The first-order chi connectivity index (χ1) is 7.83. The summed E-state index contributed by atoms with van der Waals surface area (Å²) in [5, 5.41) is 0. The maximum Gasteiger partial charge on any atom is 0.334 e. The fourth-order valence-electron chi connectivity index (χ4n) is 3.80. The average molecular weight is 240 g/mol. The Morgan fingerprint density at radius 2 is 2.00 bits per heavy atom. The van der Waals surface area contributed by atoms with Crippen molar-refractivity contribution in [1.82, 2.24) is 0 Å². The zero-order valence-electron chi connectivity index (χ0n) is 11.6. The number of fused-ring (bicyclic) bond motifs is 2. The monoisotopic (exact) mass is 240 g/mol. The van der Waals surface area contributed by atoms with E-state index < -0.39 is 6.10 Å². The summed E-state index contributed by atoms with van der Waals surface area (Å²) in [4.78, 5) is 11.4. The number of carbonyl (C=O) groups excluding carboxylic acids is 1. The summed E-state index contributed by atoms with van der Waals surface area (Å²) in [6.45, 7) is 8.79. The molecule has 0 spiro atoms. The Balaban J connectivity index is 2.08. The van der Waals surface area contributed by atoms with Gasteiger partial charge in [0.25, 0.3) is 0 Å². The zero-order valence-corrected chi connectivity index (χ0v) is 11.6. The van der Waals surface area contributed by atoms with E-state index in [9.17, 15) is 4.79 Å². The maximum absolute atomic E-state index is 11.4. The third-order valence-electron chi connectivity index (χ3n) is 5.62. The number of carbonyl (C=O) groups is 1. The van der Waals surface area contributed by atoms with Gasteiger partial charge in [0, 0.05) is 0 Å². The van der Waals surface area contributed by atoms with Gasteiger partial charge in [-0.25, -0.2) is 4.79 Å². The SMILES string of the molecule is COC(=O)[C@@H](C)OC1CC2CCC1(C)C2(C)C. The molecule has 0 radical (unpaired) electrons. The van der Waals surface area contributed by atoms with Crippen LogP contribution in [0.5, 0.6) is 0 Å². The minimum atomic E-state index is -0.447. The van der Waals surface area contributed by atoms with E-state index in [2.05, 4.69) is 20.8 Å². The molecule has 17 heavy (non-hydrogen) atoms. The normalized spacial score (nSPS) is 40.3. The van der Waals surface area contributed by atoms with Crippen molar-refractivity contribution in [2.75, 3.05) is 7.11 Å². The van der Waals surface area contributed by atoms with Crippen molar-refractivity contribution in [3.8, 4) is 0 Å². The molecule has 0 aromatic carbocycles. The molecule has 2 fully saturated rings. The molecular formula is C14H24O3. The summed E-state index contributed by atoms with van der Waals surface area (Å²) in [5.41, 5.74) is 0.535. The second-order valence-electron chi connectivity index (χ2n) is 6.40. The number of methoxy groups -OCH3 is 1. The quantitative estimate of drug-likeness (QED) is 0.712. The van der Waals surface area contributed by atoms with Gasteiger partial charge in [0.1, 0.15) is 0 Å². The van der Waals surface area contributed by atoms with Crippen LogP contribution in [0.25, 0.3) is 0 Å².